The Bertz CT molecular complexity index is 1080. The topological polar surface area (TPSA) is 67.9 Å². The summed E-state index contributed by atoms with van der Waals surface area (Å²) in [5.41, 5.74) is 2.77. The molecule has 0 spiro atoms. The normalized spacial score (nSPS) is 12.7. The van der Waals surface area contributed by atoms with Gasteiger partial charge in [-0.2, -0.15) is 0 Å². The molecule has 0 saturated heterocycles. The Morgan fingerprint density at radius 2 is 1.84 bits per heavy atom. The number of ether oxygens (including phenoxy) is 2. The van der Waals surface area contributed by atoms with Gasteiger partial charge < -0.3 is 19.7 Å². The SMILES string of the molecule is Cc1ccccc1C(=O)Nc1ccc2c(c1)N(CCCOc1ccccc1)C(=O)CO2. The minimum Gasteiger partial charge on any atom is -0.494 e. The van der Waals surface area contributed by atoms with Crippen LogP contribution >= 0.6 is 0 Å². The van der Waals surface area contributed by atoms with Crippen LogP contribution < -0.4 is 19.7 Å². The summed E-state index contributed by atoms with van der Waals surface area (Å²) in [5.74, 6) is 1.12. The number of carbonyl (C=O) groups is 2. The summed E-state index contributed by atoms with van der Waals surface area (Å²) in [7, 11) is 0. The number of anilines is 2. The second-order valence-corrected chi connectivity index (χ2v) is 7.30. The summed E-state index contributed by atoms with van der Waals surface area (Å²) < 4.78 is 11.3. The fourth-order valence-electron chi connectivity index (χ4n) is 3.48. The van der Waals surface area contributed by atoms with Crippen molar-refractivity contribution in [2.75, 3.05) is 30.0 Å². The second-order valence-electron chi connectivity index (χ2n) is 7.30. The van der Waals surface area contributed by atoms with Crippen molar-refractivity contribution in [1.29, 1.82) is 0 Å². The zero-order valence-electron chi connectivity index (χ0n) is 17.3. The van der Waals surface area contributed by atoms with Crippen molar-refractivity contribution in [1.82, 2.24) is 0 Å². The van der Waals surface area contributed by atoms with Crippen LogP contribution in [0.15, 0.2) is 72.8 Å². The summed E-state index contributed by atoms with van der Waals surface area (Å²) >= 11 is 0. The van der Waals surface area contributed by atoms with Crippen LogP contribution in [0.4, 0.5) is 11.4 Å². The Kier molecular flexibility index (Phi) is 6.17. The average molecular weight is 416 g/mol. The standard InChI is InChI=1S/C25H24N2O4/c1-18-8-5-6-11-21(18)25(29)26-19-12-13-23-22(16-19)27(24(28)17-31-23)14-7-15-30-20-9-3-2-4-10-20/h2-6,8-13,16H,7,14-15,17H2,1H3,(H,26,29). The third-order valence-corrected chi connectivity index (χ3v) is 5.09. The summed E-state index contributed by atoms with van der Waals surface area (Å²) in [6.07, 6.45) is 0.667. The molecular formula is C25H24N2O4. The van der Waals surface area contributed by atoms with Crippen LogP contribution in [-0.2, 0) is 4.79 Å². The largest absolute Gasteiger partial charge is 0.494 e. The highest BCUT2D eigenvalue weighted by Gasteiger charge is 2.25. The lowest BCUT2D eigenvalue weighted by Crippen LogP contribution is -2.39. The molecule has 1 heterocycles. The molecule has 0 aliphatic carbocycles. The van der Waals surface area contributed by atoms with E-state index in [1.807, 2.05) is 55.5 Å². The molecule has 3 aromatic rings. The Hall–Kier alpha value is -3.80. The van der Waals surface area contributed by atoms with Crippen molar-refractivity contribution < 1.29 is 19.1 Å². The van der Waals surface area contributed by atoms with E-state index < -0.39 is 0 Å². The first-order chi connectivity index (χ1) is 15.1. The monoisotopic (exact) mass is 416 g/mol. The Labute approximate surface area is 181 Å². The van der Waals surface area contributed by atoms with Crippen LogP contribution in [-0.4, -0.2) is 31.6 Å². The van der Waals surface area contributed by atoms with E-state index >= 15 is 0 Å². The minimum atomic E-state index is -0.191. The van der Waals surface area contributed by atoms with Gasteiger partial charge in [0.2, 0.25) is 0 Å². The Morgan fingerprint density at radius 3 is 2.65 bits per heavy atom. The highest BCUT2D eigenvalue weighted by Crippen LogP contribution is 2.35. The van der Waals surface area contributed by atoms with Gasteiger partial charge in [0.05, 0.1) is 12.3 Å². The Balaban J connectivity index is 1.44. The van der Waals surface area contributed by atoms with Crippen molar-refractivity contribution in [3.05, 3.63) is 83.9 Å². The van der Waals surface area contributed by atoms with Crippen LogP contribution in [0.3, 0.4) is 0 Å². The molecule has 6 heteroatoms. The van der Waals surface area contributed by atoms with Gasteiger partial charge in [0, 0.05) is 17.8 Å². The maximum absolute atomic E-state index is 12.7. The molecular weight excluding hydrogens is 392 g/mol. The van der Waals surface area contributed by atoms with Crippen molar-refractivity contribution in [2.24, 2.45) is 0 Å². The molecule has 0 fully saturated rings. The lowest BCUT2D eigenvalue weighted by Gasteiger charge is -2.30. The van der Waals surface area contributed by atoms with Crippen LogP contribution in [0.2, 0.25) is 0 Å². The first kappa shape index (κ1) is 20.5. The summed E-state index contributed by atoms with van der Waals surface area (Å²) in [6, 6.07) is 22.3. The minimum absolute atomic E-state index is 0.00145. The van der Waals surface area contributed by atoms with Crippen LogP contribution in [0.1, 0.15) is 22.3 Å². The van der Waals surface area contributed by atoms with Crippen LogP contribution in [0, 0.1) is 6.92 Å². The molecule has 1 aliphatic heterocycles. The lowest BCUT2D eigenvalue weighted by molar-refractivity contribution is -0.121. The van der Waals surface area contributed by atoms with Crippen LogP contribution in [0.25, 0.3) is 0 Å². The van der Waals surface area contributed by atoms with E-state index in [1.54, 1.807) is 29.2 Å². The van der Waals surface area contributed by atoms with Gasteiger partial charge in [0.15, 0.2) is 6.61 Å². The number of fused-ring (bicyclic) bond motifs is 1. The highest BCUT2D eigenvalue weighted by atomic mass is 16.5. The molecule has 2 amide bonds. The lowest BCUT2D eigenvalue weighted by atomic mass is 10.1. The summed E-state index contributed by atoms with van der Waals surface area (Å²) in [6.45, 7) is 2.89. The highest BCUT2D eigenvalue weighted by molar-refractivity contribution is 6.06. The molecule has 0 saturated carbocycles. The average Bonchev–Trinajstić information content (AvgIpc) is 2.79. The zero-order chi connectivity index (χ0) is 21.6. The number of benzene rings is 3. The predicted octanol–water partition coefficient (Wildman–Crippen LogP) is 4.44. The van der Waals surface area contributed by atoms with E-state index in [0.717, 1.165) is 11.3 Å². The maximum Gasteiger partial charge on any atom is 0.265 e. The van der Waals surface area contributed by atoms with Gasteiger partial charge in [-0.25, -0.2) is 0 Å². The van der Waals surface area contributed by atoms with Crippen molar-refractivity contribution in [2.45, 2.75) is 13.3 Å². The summed E-state index contributed by atoms with van der Waals surface area (Å²) in [4.78, 5) is 26.8. The van der Waals surface area contributed by atoms with E-state index in [9.17, 15) is 9.59 Å². The molecule has 1 N–H and O–H groups in total. The zero-order valence-corrected chi connectivity index (χ0v) is 17.3. The van der Waals surface area contributed by atoms with E-state index in [2.05, 4.69) is 5.32 Å². The number of amides is 2. The van der Waals surface area contributed by atoms with Gasteiger partial charge in [0.25, 0.3) is 11.8 Å². The molecule has 31 heavy (non-hydrogen) atoms. The first-order valence-corrected chi connectivity index (χ1v) is 10.2. The number of carbonyl (C=O) groups excluding carboxylic acids is 2. The molecule has 0 aromatic heterocycles. The molecule has 0 bridgehead atoms. The molecule has 6 nitrogen and oxygen atoms in total. The van der Waals surface area contributed by atoms with E-state index in [4.69, 9.17) is 9.47 Å². The number of nitrogens with one attached hydrogen (secondary N) is 1. The second kappa shape index (κ2) is 9.34. The number of para-hydroxylation sites is 1. The quantitative estimate of drug-likeness (QED) is 0.578. The van der Waals surface area contributed by atoms with Gasteiger partial charge in [-0.05, 0) is 55.3 Å². The fraction of sp³-hybridized carbons (Fsp3) is 0.200. The Morgan fingerprint density at radius 1 is 1.06 bits per heavy atom. The molecule has 3 aromatic carbocycles. The molecule has 0 atom stereocenters. The third kappa shape index (κ3) is 4.86. The van der Waals surface area contributed by atoms with E-state index in [1.165, 1.54) is 0 Å². The van der Waals surface area contributed by atoms with Crippen molar-refractivity contribution >= 4 is 23.2 Å². The first-order valence-electron chi connectivity index (χ1n) is 10.2. The van der Waals surface area contributed by atoms with Gasteiger partial charge in [0.1, 0.15) is 11.5 Å². The van der Waals surface area contributed by atoms with E-state index in [0.29, 0.717) is 42.3 Å². The van der Waals surface area contributed by atoms with Crippen LogP contribution in [0.5, 0.6) is 11.5 Å². The molecule has 4 rings (SSSR count). The number of nitrogens with zero attached hydrogens (tertiary/aromatic N) is 1. The third-order valence-electron chi connectivity index (χ3n) is 5.09. The van der Waals surface area contributed by atoms with E-state index in [-0.39, 0.29) is 18.4 Å². The maximum atomic E-state index is 12.7. The number of rotatable bonds is 7. The van der Waals surface area contributed by atoms with Gasteiger partial charge in [-0.1, -0.05) is 36.4 Å². The molecule has 0 radical (unpaired) electrons. The number of hydrogen-bond donors (Lipinski definition) is 1. The fourth-order valence-corrected chi connectivity index (χ4v) is 3.48. The van der Waals surface area contributed by atoms with Gasteiger partial charge >= 0.3 is 0 Å². The van der Waals surface area contributed by atoms with Gasteiger partial charge in [-0.15, -0.1) is 0 Å². The molecule has 158 valence electrons. The number of hydrogen-bond acceptors (Lipinski definition) is 4. The predicted molar refractivity (Wildman–Crippen MR) is 120 cm³/mol. The molecule has 1 aliphatic rings. The molecule has 0 unspecified atom stereocenters. The van der Waals surface area contributed by atoms with Gasteiger partial charge in [-0.3, -0.25) is 9.59 Å². The van der Waals surface area contributed by atoms with Crippen molar-refractivity contribution in [3.63, 3.8) is 0 Å². The van der Waals surface area contributed by atoms with Crippen molar-refractivity contribution in [3.8, 4) is 11.5 Å². The number of aryl methyl sites for hydroxylation is 1. The smallest absolute Gasteiger partial charge is 0.265 e. The summed E-state index contributed by atoms with van der Waals surface area (Å²) in [5, 5.41) is 2.92.